The summed E-state index contributed by atoms with van der Waals surface area (Å²) in [6, 6.07) is 15.2. The molecule has 6 heteroatoms. The Bertz CT molecular complexity index is 961. The van der Waals surface area contributed by atoms with Gasteiger partial charge in [0.15, 0.2) is 0 Å². The molecule has 0 amide bonds. The monoisotopic (exact) mass is 384 g/mol. The quantitative estimate of drug-likeness (QED) is 0.545. The van der Waals surface area contributed by atoms with Gasteiger partial charge in [-0.15, -0.1) is 0 Å². The number of rotatable bonds is 4. The predicted molar refractivity (Wildman–Crippen MR) is 102 cm³/mol. The number of anilines is 1. The number of aromatic nitrogens is 2. The summed E-state index contributed by atoms with van der Waals surface area (Å²) in [6.07, 6.45) is 0. The Morgan fingerprint density at radius 3 is 2.62 bits per heavy atom. The Hall–Kier alpha value is -2.47. The third-order valence-electron chi connectivity index (χ3n) is 3.76. The lowest BCUT2D eigenvalue weighted by Crippen LogP contribution is -2.23. The molecule has 0 fully saturated rings. The summed E-state index contributed by atoms with van der Waals surface area (Å²) in [7, 11) is 0. The van der Waals surface area contributed by atoms with Crippen molar-refractivity contribution >= 4 is 38.5 Å². The molecule has 0 saturated carbocycles. The molecule has 0 radical (unpaired) electrons. The minimum Gasteiger partial charge on any atom is -0.277 e. The first-order chi connectivity index (χ1) is 11.6. The van der Waals surface area contributed by atoms with Crippen molar-refractivity contribution in [1.82, 2.24) is 9.55 Å². The van der Waals surface area contributed by atoms with Gasteiger partial charge < -0.3 is 0 Å². The van der Waals surface area contributed by atoms with Crippen LogP contribution in [0.1, 0.15) is 19.4 Å². The molecule has 3 rings (SSSR count). The summed E-state index contributed by atoms with van der Waals surface area (Å²) in [5.74, 6) is 0.442. The summed E-state index contributed by atoms with van der Waals surface area (Å²) in [4.78, 5) is 17.1. The lowest BCUT2D eigenvalue weighted by molar-refractivity contribution is 0.724. The van der Waals surface area contributed by atoms with Crippen LogP contribution in [0.3, 0.4) is 0 Å². The molecule has 0 aliphatic rings. The van der Waals surface area contributed by atoms with Crippen LogP contribution in [0.2, 0.25) is 0 Å². The number of nitrogens with one attached hydrogen (secondary N) is 1. The van der Waals surface area contributed by atoms with E-state index >= 15 is 0 Å². The molecule has 122 valence electrons. The molecule has 0 aliphatic carbocycles. The van der Waals surface area contributed by atoms with Crippen LogP contribution in [0.5, 0.6) is 0 Å². The molecular formula is C18H17BrN4O. The van der Waals surface area contributed by atoms with Crippen molar-refractivity contribution in [1.29, 1.82) is 0 Å². The minimum absolute atomic E-state index is 0.0675. The maximum atomic E-state index is 12.6. The fourth-order valence-corrected chi connectivity index (χ4v) is 2.70. The van der Waals surface area contributed by atoms with Crippen molar-refractivity contribution in [2.24, 2.45) is 5.10 Å². The number of benzene rings is 2. The van der Waals surface area contributed by atoms with Gasteiger partial charge in [0.2, 0.25) is 5.95 Å². The molecule has 1 N–H and O–H groups in total. The summed E-state index contributed by atoms with van der Waals surface area (Å²) < 4.78 is 2.60. The highest BCUT2D eigenvalue weighted by Crippen LogP contribution is 2.13. The zero-order valence-electron chi connectivity index (χ0n) is 13.5. The van der Waals surface area contributed by atoms with Gasteiger partial charge in [0.1, 0.15) is 0 Å². The van der Waals surface area contributed by atoms with Crippen LogP contribution in [-0.2, 0) is 6.54 Å². The van der Waals surface area contributed by atoms with Gasteiger partial charge in [0, 0.05) is 11.0 Å². The topological polar surface area (TPSA) is 59.3 Å². The average molecular weight is 385 g/mol. The standard InChI is InChI=1S/C18H17BrN4O/c1-3-23-17(24)15-6-4-5-7-16(15)20-18(23)22-21-12(2)13-8-10-14(19)11-9-13/h4-11H,3H2,1-2H3,(H,20,22)/b21-12-. The van der Waals surface area contributed by atoms with E-state index < -0.39 is 0 Å². The molecule has 0 unspecified atom stereocenters. The Labute approximate surface area is 148 Å². The van der Waals surface area contributed by atoms with Gasteiger partial charge in [0.05, 0.1) is 16.6 Å². The van der Waals surface area contributed by atoms with Gasteiger partial charge in [0.25, 0.3) is 5.56 Å². The molecule has 24 heavy (non-hydrogen) atoms. The summed E-state index contributed by atoms with van der Waals surface area (Å²) in [6.45, 7) is 4.34. The van der Waals surface area contributed by atoms with Crippen molar-refractivity contribution in [2.45, 2.75) is 20.4 Å². The third-order valence-corrected chi connectivity index (χ3v) is 4.29. The van der Waals surface area contributed by atoms with Crippen molar-refractivity contribution in [3.63, 3.8) is 0 Å². The van der Waals surface area contributed by atoms with Crippen LogP contribution in [0.15, 0.2) is 62.9 Å². The second-order valence-electron chi connectivity index (χ2n) is 5.32. The van der Waals surface area contributed by atoms with E-state index in [2.05, 4.69) is 31.4 Å². The van der Waals surface area contributed by atoms with Crippen LogP contribution >= 0.6 is 15.9 Å². The summed E-state index contributed by atoms with van der Waals surface area (Å²) in [5.41, 5.74) is 5.34. The number of hydrogen-bond donors (Lipinski definition) is 1. The highest BCUT2D eigenvalue weighted by molar-refractivity contribution is 9.10. The lowest BCUT2D eigenvalue weighted by Gasteiger charge is -2.11. The minimum atomic E-state index is -0.0675. The van der Waals surface area contributed by atoms with Crippen LogP contribution in [0.25, 0.3) is 10.9 Å². The fourth-order valence-electron chi connectivity index (χ4n) is 2.44. The Kier molecular flexibility index (Phi) is 4.76. The van der Waals surface area contributed by atoms with Crippen LogP contribution in [0, 0.1) is 0 Å². The lowest BCUT2D eigenvalue weighted by atomic mass is 10.1. The number of para-hydroxylation sites is 1. The highest BCUT2D eigenvalue weighted by Gasteiger charge is 2.09. The van der Waals surface area contributed by atoms with Gasteiger partial charge in [-0.3, -0.25) is 9.36 Å². The molecular weight excluding hydrogens is 368 g/mol. The number of fused-ring (bicyclic) bond motifs is 1. The molecule has 0 saturated heterocycles. The van der Waals surface area contributed by atoms with E-state index in [9.17, 15) is 4.79 Å². The second kappa shape index (κ2) is 6.97. The second-order valence-corrected chi connectivity index (χ2v) is 6.23. The van der Waals surface area contributed by atoms with E-state index in [1.165, 1.54) is 0 Å². The molecule has 3 aromatic rings. The highest BCUT2D eigenvalue weighted by atomic mass is 79.9. The number of hydrogen-bond acceptors (Lipinski definition) is 4. The van der Waals surface area contributed by atoms with Crippen molar-refractivity contribution in [2.75, 3.05) is 5.43 Å². The van der Waals surface area contributed by atoms with Crippen LogP contribution in [-0.4, -0.2) is 15.3 Å². The smallest absolute Gasteiger partial charge is 0.262 e. The van der Waals surface area contributed by atoms with E-state index in [-0.39, 0.29) is 5.56 Å². The summed E-state index contributed by atoms with van der Waals surface area (Å²) >= 11 is 3.42. The van der Waals surface area contributed by atoms with Crippen molar-refractivity contribution < 1.29 is 0 Å². The van der Waals surface area contributed by atoms with E-state index in [0.29, 0.717) is 23.4 Å². The normalized spacial score (nSPS) is 11.7. The Balaban J connectivity index is 1.99. The van der Waals surface area contributed by atoms with Gasteiger partial charge in [-0.05, 0) is 43.7 Å². The molecule has 2 aromatic carbocycles. The predicted octanol–water partition coefficient (Wildman–Crippen LogP) is 4.02. The van der Waals surface area contributed by atoms with Crippen LogP contribution < -0.4 is 11.0 Å². The number of hydrazone groups is 1. The van der Waals surface area contributed by atoms with E-state index in [4.69, 9.17) is 0 Å². The molecule has 5 nitrogen and oxygen atoms in total. The third kappa shape index (κ3) is 3.23. The summed E-state index contributed by atoms with van der Waals surface area (Å²) in [5, 5.41) is 4.99. The zero-order chi connectivity index (χ0) is 17.1. The maximum Gasteiger partial charge on any atom is 0.262 e. The maximum absolute atomic E-state index is 12.6. The van der Waals surface area contributed by atoms with Crippen LogP contribution in [0.4, 0.5) is 5.95 Å². The zero-order valence-corrected chi connectivity index (χ0v) is 15.0. The fraction of sp³-hybridized carbons (Fsp3) is 0.167. The SMILES string of the molecule is CCn1c(N/N=C(/C)c2ccc(Br)cc2)nc2ccccc2c1=O. The van der Waals surface area contributed by atoms with E-state index in [0.717, 1.165) is 15.7 Å². The number of halogens is 1. The molecule has 1 heterocycles. The largest absolute Gasteiger partial charge is 0.277 e. The van der Waals surface area contributed by atoms with E-state index in [1.54, 1.807) is 10.6 Å². The van der Waals surface area contributed by atoms with Gasteiger partial charge in [-0.25, -0.2) is 10.4 Å². The Morgan fingerprint density at radius 1 is 1.21 bits per heavy atom. The molecule has 0 bridgehead atoms. The molecule has 0 atom stereocenters. The van der Waals surface area contributed by atoms with Gasteiger partial charge >= 0.3 is 0 Å². The first-order valence-electron chi connectivity index (χ1n) is 7.66. The van der Waals surface area contributed by atoms with Gasteiger partial charge in [-0.1, -0.05) is 40.2 Å². The van der Waals surface area contributed by atoms with E-state index in [1.807, 2.05) is 56.3 Å². The average Bonchev–Trinajstić information content (AvgIpc) is 2.60. The first kappa shape index (κ1) is 16.4. The van der Waals surface area contributed by atoms with Gasteiger partial charge in [-0.2, -0.15) is 5.10 Å². The molecule has 0 aliphatic heterocycles. The van der Waals surface area contributed by atoms with Crippen molar-refractivity contribution in [3.8, 4) is 0 Å². The first-order valence-corrected chi connectivity index (χ1v) is 8.45. The number of nitrogens with zero attached hydrogens (tertiary/aromatic N) is 3. The van der Waals surface area contributed by atoms with Crippen molar-refractivity contribution in [3.05, 3.63) is 68.9 Å². The molecule has 0 spiro atoms. The Morgan fingerprint density at radius 2 is 1.92 bits per heavy atom. The molecule has 1 aromatic heterocycles.